The van der Waals surface area contributed by atoms with Crippen LogP contribution in [0.5, 0.6) is 5.75 Å². The summed E-state index contributed by atoms with van der Waals surface area (Å²) >= 11 is 3.39. The maximum absolute atomic E-state index is 11.4. The molecule has 0 aliphatic carbocycles. The molecule has 1 aromatic carbocycles. The van der Waals surface area contributed by atoms with Crippen LogP contribution < -0.4 is 4.74 Å². The van der Waals surface area contributed by atoms with E-state index < -0.39 is 6.10 Å². The Morgan fingerprint density at radius 2 is 1.72 bits per heavy atom. The Bertz CT molecular complexity index is 601. The van der Waals surface area contributed by atoms with Crippen LogP contribution in [-0.2, 0) is 0 Å². The standard InChI is InChI=1S/C20H28BrNO3/c1-2-3-4-5-6-7-8-9-10-11-20-18(22(23)24)15-16-14-17(21)12-13-19(16)25-20/h12-15,20H,2-11H2,1H3. The van der Waals surface area contributed by atoms with Crippen molar-refractivity contribution in [2.24, 2.45) is 0 Å². The lowest BCUT2D eigenvalue weighted by Crippen LogP contribution is -2.27. The zero-order chi connectivity index (χ0) is 18.1. The molecule has 0 bridgehead atoms. The highest BCUT2D eigenvalue weighted by Crippen LogP contribution is 2.33. The third-order valence-electron chi connectivity index (χ3n) is 4.66. The number of rotatable bonds is 11. The fraction of sp³-hybridized carbons (Fsp3) is 0.600. The summed E-state index contributed by atoms with van der Waals surface area (Å²) in [6, 6.07) is 5.63. The first-order valence-electron chi connectivity index (χ1n) is 9.44. The van der Waals surface area contributed by atoms with Crippen molar-refractivity contribution in [3.8, 4) is 5.75 Å². The summed E-state index contributed by atoms with van der Waals surface area (Å²) in [6.45, 7) is 2.23. The molecule has 25 heavy (non-hydrogen) atoms. The van der Waals surface area contributed by atoms with Gasteiger partial charge in [-0.25, -0.2) is 0 Å². The van der Waals surface area contributed by atoms with Gasteiger partial charge in [-0.15, -0.1) is 0 Å². The second-order valence-electron chi connectivity index (χ2n) is 6.73. The summed E-state index contributed by atoms with van der Waals surface area (Å²) < 4.78 is 6.80. The Morgan fingerprint density at radius 1 is 1.08 bits per heavy atom. The van der Waals surface area contributed by atoms with Crippen molar-refractivity contribution >= 4 is 22.0 Å². The van der Waals surface area contributed by atoms with Gasteiger partial charge in [0.1, 0.15) is 5.75 Å². The summed E-state index contributed by atoms with van der Waals surface area (Å²) in [4.78, 5) is 11.1. The smallest absolute Gasteiger partial charge is 0.287 e. The first-order valence-corrected chi connectivity index (χ1v) is 10.2. The number of ether oxygens (including phenoxy) is 1. The number of nitro groups is 1. The van der Waals surface area contributed by atoms with Crippen LogP contribution in [0.25, 0.3) is 6.08 Å². The van der Waals surface area contributed by atoms with Gasteiger partial charge in [-0.2, -0.15) is 0 Å². The van der Waals surface area contributed by atoms with Gasteiger partial charge in [0.2, 0.25) is 0 Å². The third kappa shape index (κ3) is 6.46. The highest BCUT2D eigenvalue weighted by molar-refractivity contribution is 9.10. The van der Waals surface area contributed by atoms with Crippen LogP contribution in [0.1, 0.15) is 76.7 Å². The van der Waals surface area contributed by atoms with E-state index in [1.54, 1.807) is 6.08 Å². The molecule has 1 heterocycles. The molecule has 0 spiro atoms. The minimum atomic E-state index is -0.437. The predicted molar refractivity (Wildman–Crippen MR) is 105 cm³/mol. The van der Waals surface area contributed by atoms with Crippen molar-refractivity contribution in [2.75, 3.05) is 0 Å². The van der Waals surface area contributed by atoms with Crippen LogP contribution >= 0.6 is 15.9 Å². The number of benzene rings is 1. The lowest BCUT2D eigenvalue weighted by atomic mass is 10.0. The summed E-state index contributed by atoms with van der Waals surface area (Å²) in [7, 11) is 0. The van der Waals surface area contributed by atoms with Crippen molar-refractivity contribution in [3.63, 3.8) is 0 Å². The summed E-state index contributed by atoms with van der Waals surface area (Å²) in [5.74, 6) is 0.731. The van der Waals surface area contributed by atoms with Crippen molar-refractivity contribution in [1.29, 1.82) is 0 Å². The van der Waals surface area contributed by atoms with E-state index in [0.717, 1.165) is 28.6 Å². The molecule has 1 aromatic rings. The predicted octanol–water partition coefficient (Wildman–Crippen LogP) is 6.75. The van der Waals surface area contributed by atoms with Gasteiger partial charge < -0.3 is 4.74 Å². The first-order chi connectivity index (χ1) is 12.1. The van der Waals surface area contributed by atoms with E-state index in [4.69, 9.17) is 4.74 Å². The zero-order valence-electron chi connectivity index (χ0n) is 15.0. The van der Waals surface area contributed by atoms with Crippen molar-refractivity contribution in [2.45, 2.75) is 77.2 Å². The van der Waals surface area contributed by atoms with Crippen molar-refractivity contribution in [1.82, 2.24) is 0 Å². The van der Waals surface area contributed by atoms with E-state index in [1.807, 2.05) is 18.2 Å². The van der Waals surface area contributed by atoms with Gasteiger partial charge in [0.25, 0.3) is 5.70 Å². The molecule has 0 aromatic heterocycles. The minimum Gasteiger partial charge on any atom is -0.479 e. The van der Waals surface area contributed by atoms with Crippen molar-refractivity contribution < 1.29 is 9.66 Å². The van der Waals surface area contributed by atoms with Crippen LogP contribution in [0, 0.1) is 10.1 Å². The molecule has 5 heteroatoms. The monoisotopic (exact) mass is 409 g/mol. The molecule has 0 radical (unpaired) electrons. The van der Waals surface area contributed by atoms with E-state index in [9.17, 15) is 10.1 Å². The molecule has 0 fully saturated rings. The summed E-state index contributed by atoms with van der Waals surface area (Å²) in [6.07, 6.45) is 13.1. The highest BCUT2D eigenvalue weighted by atomic mass is 79.9. The molecule has 0 N–H and O–H groups in total. The number of hydrogen-bond donors (Lipinski definition) is 0. The maximum atomic E-state index is 11.4. The molecule has 0 saturated carbocycles. The van der Waals surface area contributed by atoms with Gasteiger partial charge in [-0.3, -0.25) is 10.1 Å². The number of hydrogen-bond acceptors (Lipinski definition) is 3. The number of unbranched alkanes of at least 4 members (excludes halogenated alkanes) is 8. The van der Waals surface area contributed by atoms with Crippen LogP contribution in [0.4, 0.5) is 0 Å². The minimum absolute atomic E-state index is 0.171. The van der Waals surface area contributed by atoms with Crippen LogP contribution in [0.2, 0.25) is 0 Å². The Morgan fingerprint density at radius 3 is 2.36 bits per heavy atom. The molecule has 4 nitrogen and oxygen atoms in total. The van der Waals surface area contributed by atoms with E-state index >= 15 is 0 Å². The lowest BCUT2D eigenvalue weighted by Gasteiger charge is -2.22. The fourth-order valence-electron chi connectivity index (χ4n) is 3.22. The van der Waals surface area contributed by atoms with Gasteiger partial charge in [0.05, 0.1) is 4.92 Å². The maximum Gasteiger partial charge on any atom is 0.287 e. The largest absolute Gasteiger partial charge is 0.479 e. The Labute approximate surface area is 158 Å². The molecule has 138 valence electrons. The Hall–Kier alpha value is -1.36. The Balaban J connectivity index is 1.76. The average Bonchev–Trinajstić information content (AvgIpc) is 2.59. The van der Waals surface area contributed by atoms with Crippen molar-refractivity contribution in [3.05, 3.63) is 44.0 Å². The van der Waals surface area contributed by atoms with Gasteiger partial charge in [-0.1, -0.05) is 74.2 Å². The fourth-order valence-corrected chi connectivity index (χ4v) is 3.60. The second-order valence-corrected chi connectivity index (χ2v) is 7.65. The molecule has 1 aliphatic heterocycles. The normalized spacial score (nSPS) is 16.1. The first kappa shape index (κ1) is 20.0. The van der Waals surface area contributed by atoms with E-state index in [0.29, 0.717) is 6.42 Å². The molecule has 0 amide bonds. The van der Waals surface area contributed by atoms with Crippen LogP contribution in [0.15, 0.2) is 28.4 Å². The van der Waals surface area contributed by atoms with Gasteiger partial charge in [-0.05, 0) is 31.0 Å². The molecule has 1 unspecified atom stereocenters. The second kappa shape index (κ2) is 10.6. The van der Waals surface area contributed by atoms with Crippen LogP contribution in [0.3, 0.4) is 0 Å². The quantitative estimate of drug-likeness (QED) is 0.230. The molecule has 1 atom stereocenters. The number of fused-ring (bicyclic) bond motifs is 1. The third-order valence-corrected chi connectivity index (χ3v) is 5.15. The molecular weight excluding hydrogens is 382 g/mol. The van der Waals surface area contributed by atoms with Crippen LogP contribution in [-0.4, -0.2) is 11.0 Å². The summed E-state index contributed by atoms with van der Waals surface area (Å²) in [5.41, 5.74) is 0.939. The van der Waals surface area contributed by atoms with Gasteiger partial charge in [0, 0.05) is 16.1 Å². The summed E-state index contributed by atoms with van der Waals surface area (Å²) in [5, 5.41) is 11.4. The zero-order valence-corrected chi connectivity index (χ0v) is 16.6. The lowest BCUT2D eigenvalue weighted by molar-refractivity contribution is -0.433. The topological polar surface area (TPSA) is 52.4 Å². The van der Waals surface area contributed by atoms with E-state index in [2.05, 4.69) is 22.9 Å². The molecule has 1 aliphatic rings. The Kier molecular flexibility index (Phi) is 8.45. The molecular formula is C20H28BrNO3. The molecule has 0 saturated heterocycles. The number of halogens is 1. The number of nitrogens with zero attached hydrogens (tertiary/aromatic N) is 1. The van der Waals surface area contributed by atoms with Gasteiger partial charge >= 0.3 is 0 Å². The average molecular weight is 410 g/mol. The van der Waals surface area contributed by atoms with E-state index in [-0.39, 0.29) is 10.6 Å². The van der Waals surface area contributed by atoms with Gasteiger partial charge in [0.15, 0.2) is 6.10 Å². The molecule has 2 rings (SSSR count). The highest BCUT2D eigenvalue weighted by Gasteiger charge is 2.31. The van der Waals surface area contributed by atoms with E-state index in [1.165, 1.54) is 44.9 Å². The SMILES string of the molecule is CCCCCCCCCCCC1Oc2ccc(Br)cc2C=C1[N+](=O)[O-].